The zero-order valence-corrected chi connectivity index (χ0v) is 11.2. The third-order valence-electron chi connectivity index (χ3n) is 2.56. The summed E-state index contributed by atoms with van der Waals surface area (Å²) in [6, 6.07) is 8.84. The van der Waals surface area contributed by atoms with Crippen molar-refractivity contribution in [1.29, 1.82) is 0 Å². The van der Waals surface area contributed by atoms with Gasteiger partial charge in [-0.2, -0.15) is 0 Å². The fourth-order valence-electron chi connectivity index (χ4n) is 1.62. The number of hydrogen-bond donors (Lipinski definition) is 1. The molecule has 0 aliphatic carbocycles. The summed E-state index contributed by atoms with van der Waals surface area (Å²) in [4.78, 5) is 27.5. The molecule has 0 bridgehead atoms. The van der Waals surface area contributed by atoms with Crippen LogP contribution in [-0.2, 0) is 11.2 Å². The summed E-state index contributed by atoms with van der Waals surface area (Å²) in [7, 11) is 0. The Hall–Kier alpha value is -2.01. The highest BCUT2D eigenvalue weighted by Crippen LogP contribution is 2.04. The molecule has 0 radical (unpaired) electrons. The third kappa shape index (κ3) is 4.30. The number of rotatable bonds is 6. The topological polar surface area (TPSA) is 59.1 Å². The minimum atomic E-state index is -0.245. The summed E-state index contributed by atoms with van der Waals surface area (Å²) in [5.74, 6) is -0.405. The predicted molar refractivity (Wildman–Crippen MR) is 74.2 cm³/mol. The molecule has 1 N–H and O–H groups in total. The van der Waals surface area contributed by atoms with Gasteiger partial charge >= 0.3 is 0 Å². The van der Waals surface area contributed by atoms with E-state index in [1.807, 2.05) is 11.4 Å². The lowest BCUT2D eigenvalue weighted by Gasteiger charge is -2.03. The number of hydrogen-bond acceptors (Lipinski definition) is 4. The van der Waals surface area contributed by atoms with Crippen LogP contribution in [0, 0.1) is 0 Å². The fourth-order valence-corrected chi connectivity index (χ4v) is 2.24. The number of Topliss-reactive ketones (excluding diaryl/α,β-unsaturated/α-hetero) is 1. The lowest BCUT2D eigenvalue weighted by atomic mass is 10.1. The van der Waals surface area contributed by atoms with E-state index < -0.39 is 0 Å². The van der Waals surface area contributed by atoms with E-state index in [2.05, 4.69) is 10.3 Å². The molecule has 0 aliphatic heterocycles. The molecule has 98 valence electrons. The van der Waals surface area contributed by atoms with Gasteiger partial charge in [0.25, 0.3) is 0 Å². The van der Waals surface area contributed by atoms with E-state index >= 15 is 0 Å². The molecule has 2 rings (SSSR count). The number of nitrogens with zero attached hydrogens (tertiary/aromatic N) is 1. The number of amides is 1. The average Bonchev–Trinajstić information content (AvgIpc) is 2.93. The molecule has 2 aromatic rings. The number of ketones is 1. The Bertz CT molecular complexity index is 538. The highest BCUT2D eigenvalue weighted by atomic mass is 32.1. The average molecular weight is 274 g/mol. The fraction of sp³-hybridized carbons (Fsp3) is 0.214. The van der Waals surface area contributed by atoms with E-state index in [1.54, 1.807) is 41.8 Å². The largest absolute Gasteiger partial charge is 0.355 e. The van der Waals surface area contributed by atoms with Gasteiger partial charge in [0.2, 0.25) is 5.91 Å². The summed E-state index contributed by atoms with van der Waals surface area (Å²) in [5.41, 5.74) is 0.567. The molecule has 0 saturated heterocycles. The van der Waals surface area contributed by atoms with Gasteiger partial charge in [-0.3, -0.25) is 9.59 Å². The van der Waals surface area contributed by atoms with Crippen molar-refractivity contribution >= 4 is 23.0 Å². The van der Waals surface area contributed by atoms with Gasteiger partial charge in [0.15, 0.2) is 5.78 Å². The number of nitrogens with one attached hydrogen (secondary N) is 1. The molecule has 1 aromatic carbocycles. The zero-order valence-electron chi connectivity index (χ0n) is 10.3. The standard InChI is InChI=1S/C14H14N2O2S/c17-12(11-4-2-1-3-5-11)10-13(18)15-7-6-14-16-8-9-19-14/h1-5,8-9H,6-7,10H2,(H,15,18). The minimum Gasteiger partial charge on any atom is -0.355 e. The first kappa shape index (κ1) is 13.4. The van der Waals surface area contributed by atoms with Gasteiger partial charge in [-0.15, -0.1) is 11.3 Å². The molecule has 0 atom stereocenters. The molecule has 1 aromatic heterocycles. The van der Waals surface area contributed by atoms with Gasteiger partial charge in [0, 0.05) is 30.1 Å². The van der Waals surface area contributed by atoms with Crippen LogP contribution in [0.1, 0.15) is 21.8 Å². The van der Waals surface area contributed by atoms with Gasteiger partial charge in [-0.05, 0) is 0 Å². The molecule has 5 heteroatoms. The van der Waals surface area contributed by atoms with Crippen molar-refractivity contribution in [2.75, 3.05) is 6.54 Å². The van der Waals surface area contributed by atoms with E-state index in [1.165, 1.54) is 0 Å². The monoisotopic (exact) mass is 274 g/mol. The Morgan fingerprint density at radius 1 is 1.21 bits per heavy atom. The second-order valence-electron chi connectivity index (χ2n) is 3.99. The van der Waals surface area contributed by atoms with Crippen LogP contribution in [0.3, 0.4) is 0 Å². The van der Waals surface area contributed by atoms with Crippen LogP contribution >= 0.6 is 11.3 Å². The maximum atomic E-state index is 11.8. The SMILES string of the molecule is O=C(CC(=O)c1ccccc1)NCCc1nccs1. The van der Waals surface area contributed by atoms with Crippen LogP contribution in [0.15, 0.2) is 41.9 Å². The maximum absolute atomic E-state index is 11.8. The normalized spacial score (nSPS) is 10.1. The van der Waals surface area contributed by atoms with Crippen molar-refractivity contribution in [2.24, 2.45) is 0 Å². The molecule has 0 spiro atoms. The number of thiazole rings is 1. The highest BCUT2D eigenvalue weighted by Gasteiger charge is 2.10. The first-order valence-corrected chi connectivity index (χ1v) is 6.87. The van der Waals surface area contributed by atoms with E-state index in [0.29, 0.717) is 18.5 Å². The summed E-state index contributed by atoms with van der Waals surface area (Å²) in [6.07, 6.45) is 2.32. The van der Waals surface area contributed by atoms with Crippen molar-refractivity contribution in [3.05, 3.63) is 52.5 Å². The molecule has 1 heterocycles. The first-order valence-electron chi connectivity index (χ1n) is 5.99. The highest BCUT2D eigenvalue weighted by molar-refractivity contribution is 7.09. The molecule has 1 amide bonds. The van der Waals surface area contributed by atoms with E-state index in [4.69, 9.17) is 0 Å². The van der Waals surface area contributed by atoms with E-state index in [-0.39, 0.29) is 18.1 Å². The minimum absolute atomic E-state index is 0.109. The third-order valence-corrected chi connectivity index (χ3v) is 3.40. The molecule has 19 heavy (non-hydrogen) atoms. The van der Waals surface area contributed by atoms with Crippen LogP contribution < -0.4 is 5.32 Å². The Labute approximate surface area is 115 Å². The second kappa shape index (κ2) is 6.80. The number of benzene rings is 1. The second-order valence-corrected chi connectivity index (χ2v) is 4.97. The zero-order chi connectivity index (χ0) is 13.5. The summed E-state index contributed by atoms with van der Waals surface area (Å²) in [6.45, 7) is 0.508. The summed E-state index contributed by atoms with van der Waals surface area (Å²) < 4.78 is 0. The van der Waals surface area contributed by atoms with Crippen LogP contribution in [-0.4, -0.2) is 23.2 Å². The molecule has 0 saturated carbocycles. The molecule has 0 unspecified atom stereocenters. The number of carbonyl (C=O) groups excluding carboxylic acids is 2. The van der Waals surface area contributed by atoms with Crippen molar-refractivity contribution in [1.82, 2.24) is 10.3 Å². The van der Waals surface area contributed by atoms with Crippen LogP contribution in [0.2, 0.25) is 0 Å². The molecule has 0 fully saturated rings. The maximum Gasteiger partial charge on any atom is 0.227 e. The van der Waals surface area contributed by atoms with E-state index in [0.717, 1.165) is 5.01 Å². The van der Waals surface area contributed by atoms with Gasteiger partial charge < -0.3 is 5.32 Å². The number of aromatic nitrogens is 1. The molecular formula is C14H14N2O2S. The Morgan fingerprint density at radius 2 is 2.00 bits per heavy atom. The van der Waals surface area contributed by atoms with E-state index in [9.17, 15) is 9.59 Å². The van der Waals surface area contributed by atoms with Crippen molar-refractivity contribution in [2.45, 2.75) is 12.8 Å². The summed E-state index contributed by atoms with van der Waals surface area (Å²) in [5, 5.41) is 5.61. The Kier molecular flexibility index (Phi) is 4.80. The van der Waals surface area contributed by atoms with Gasteiger partial charge in [-0.25, -0.2) is 4.98 Å². The van der Waals surface area contributed by atoms with Gasteiger partial charge in [0.05, 0.1) is 11.4 Å². The van der Waals surface area contributed by atoms with Crippen molar-refractivity contribution in [3.8, 4) is 0 Å². The quantitative estimate of drug-likeness (QED) is 0.648. The molecular weight excluding hydrogens is 260 g/mol. The van der Waals surface area contributed by atoms with Crippen molar-refractivity contribution in [3.63, 3.8) is 0 Å². The first-order chi connectivity index (χ1) is 9.25. The lowest BCUT2D eigenvalue weighted by Crippen LogP contribution is -2.27. The lowest BCUT2D eigenvalue weighted by molar-refractivity contribution is -0.120. The smallest absolute Gasteiger partial charge is 0.227 e. The molecule has 4 nitrogen and oxygen atoms in total. The van der Waals surface area contributed by atoms with Crippen LogP contribution in [0.25, 0.3) is 0 Å². The van der Waals surface area contributed by atoms with Crippen LogP contribution in [0.4, 0.5) is 0 Å². The predicted octanol–water partition coefficient (Wildman–Crippen LogP) is 2.07. The Morgan fingerprint density at radius 3 is 2.68 bits per heavy atom. The van der Waals surface area contributed by atoms with Gasteiger partial charge in [-0.1, -0.05) is 30.3 Å². The Balaban J connectivity index is 1.74. The van der Waals surface area contributed by atoms with Gasteiger partial charge in [0.1, 0.15) is 0 Å². The van der Waals surface area contributed by atoms with Crippen LogP contribution in [0.5, 0.6) is 0 Å². The van der Waals surface area contributed by atoms with Crippen molar-refractivity contribution < 1.29 is 9.59 Å². The number of carbonyl (C=O) groups is 2. The summed E-state index contributed by atoms with van der Waals surface area (Å²) >= 11 is 1.56. The molecule has 0 aliphatic rings.